The van der Waals surface area contributed by atoms with Gasteiger partial charge in [-0.3, -0.25) is 14.9 Å². The number of ether oxygens (including phenoxy) is 3. The van der Waals surface area contributed by atoms with E-state index in [1.807, 2.05) is 37.4 Å². The molecule has 1 aliphatic rings. The predicted octanol–water partition coefficient (Wildman–Crippen LogP) is 4.36. The minimum atomic E-state index is -0.302. The monoisotopic (exact) mass is 467 g/mol. The van der Waals surface area contributed by atoms with Crippen molar-refractivity contribution in [2.24, 2.45) is 0 Å². The molecule has 2 aromatic carbocycles. The van der Waals surface area contributed by atoms with Crippen molar-refractivity contribution in [1.29, 1.82) is 0 Å². The van der Waals surface area contributed by atoms with E-state index in [9.17, 15) is 9.59 Å². The molecule has 8 nitrogen and oxygen atoms in total. The van der Waals surface area contributed by atoms with Crippen molar-refractivity contribution >= 4 is 34.0 Å². The number of benzene rings is 2. The number of carbonyl (C=O) groups is 2. The van der Waals surface area contributed by atoms with Gasteiger partial charge >= 0.3 is 0 Å². The van der Waals surface area contributed by atoms with E-state index in [1.165, 1.54) is 11.3 Å². The van der Waals surface area contributed by atoms with E-state index >= 15 is 0 Å². The van der Waals surface area contributed by atoms with Crippen molar-refractivity contribution in [3.05, 3.63) is 47.8 Å². The van der Waals surface area contributed by atoms with Crippen LogP contribution in [-0.4, -0.2) is 43.2 Å². The Balaban J connectivity index is 1.39. The first-order chi connectivity index (χ1) is 16.1. The summed E-state index contributed by atoms with van der Waals surface area (Å²) in [7, 11) is 0. The third kappa shape index (κ3) is 5.43. The lowest BCUT2D eigenvalue weighted by atomic mass is 10.1. The zero-order chi connectivity index (χ0) is 23.2. The normalized spacial score (nSPS) is 12.7. The number of nitrogens with zero attached hydrogens (tertiary/aromatic N) is 2. The highest BCUT2D eigenvalue weighted by molar-refractivity contribution is 7.14. The quantitative estimate of drug-likeness (QED) is 0.503. The second-order valence-corrected chi connectivity index (χ2v) is 8.15. The van der Waals surface area contributed by atoms with Gasteiger partial charge in [-0.1, -0.05) is 6.92 Å². The van der Waals surface area contributed by atoms with E-state index < -0.39 is 0 Å². The van der Waals surface area contributed by atoms with Crippen molar-refractivity contribution in [3.63, 3.8) is 0 Å². The van der Waals surface area contributed by atoms with Gasteiger partial charge in [-0.15, -0.1) is 11.3 Å². The van der Waals surface area contributed by atoms with E-state index in [0.29, 0.717) is 35.5 Å². The minimum Gasteiger partial charge on any atom is -0.494 e. The fourth-order valence-corrected chi connectivity index (χ4v) is 4.13. The van der Waals surface area contributed by atoms with E-state index in [2.05, 4.69) is 10.3 Å². The summed E-state index contributed by atoms with van der Waals surface area (Å²) in [6.45, 7) is 5.09. The highest BCUT2D eigenvalue weighted by Gasteiger charge is 2.25. The highest BCUT2D eigenvalue weighted by atomic mass is 32.1. The van der Waals surface area contributed by atoms with E-state index in [-0.39, 0.29) is 25.0 Å². The maximum absolute atomic E-state index is 12.3. The van der Waals surface area contributed by atoms with Crippen LogP contribution in [0.25, 0.3) is 11.3 Å². The molecule has 0 atom stereocenters. The molecule has 0 saturated carbocycles. The lowest BCUT2D eigenvalue weighted by Gasteiger charge is -2.29. The number of anilines is 2. The molecule has 0 bridgehead atoms. The molecule has 1 aliphatic heterocycles. The molecular formula is C24H25N3O5S. The van der Waals surface area contributed by atoms with Crippen LogP contribution in [0.2, 0.25) is 0 Å². The fourth-order valence-electron chi connectivity index (χ4n) is 3.40. The van der Waals surface area contributed by atoms with Crippen LogP contribution in [0.4, 0.5) is 10.8 Å². The van der Waals surface area contributed by atoms with Gasteiger partial charge in [0.1, 0.15) is 17.2 Å². The van der Waals surface area contributed by atoms with E-state index in [1.54, 1.807) is 29.2 Å². The third-order valence-corrected chi connectivity index (χ3v) is 5.66. The van der Waals surface area contributed by atoms with Gasteiger partial charge in [0.2, 0.25) is 0 Å². The summed E-state index contributed by atoms with van der Waals surface area (Å²) < 4.78 is 16.5. The predicted molar refractivity (Wildman–Crippen MR) is 127 cm³/mol. The van der Waals surface area contributed by atoms with Crippen molar-refractivity contribution in [2.45, 2.75) is 20.3 Å². The minimum absolute atomic E-state index is 0.0535. The number of hydrogen-bond acceptors (Lipinski definition) is 7. The summed E-state index contributed by atoms with van der Waals surface area (Å²) >= 11 is 1.32. The largest absolute Gasteiger partial charge is 0.494 e. The number of rotatable bonds is 9. The number of nitrogens with one attached hydrogen (secondary N) is 1. The molecule has 172 valence electrons. The van der Waals surface area contributed by atoms with Crippen molar-refractivity contribution in [2.75, 3.05) is 36.6 Å². The molecule has 2 amide bonds. The van der Waals surface area contributed by atoms with Gasteiger partial charge in [0, 0.05) is 17.5 Å². The van der Waals surface area contributed by atoms with Crippen LogP contribution in [0.15, 0.2) is 47.8 Å². The van der Waals surface area contributed by atoms with E-state index in [0.717, 1.165) is 23.4 Å². The summed E-state index contributed by atoms with van der Waals surface area (Å²) in [4.78, 5) is 30.8. The number of thiazole rings is 1. The summed E-state index contributed by atoms with van der Waals surface area (Å²) in [5.41, 5.74) is 2.29. The van der Waals surface area contributed by atoms with Crippen LogP contribution in [0.3, 0.4) is 0 Å². The van der Waals surface area contributed by atoms with Gasteiger partial charge < -0.3 is 19.1 Å². The van der Waals surface area contributed by atoms with Crippen LogP contribution in [0.5, 0.6) is 17.2 Å². The fraction of sp³-hybridized carbons (Fsp3) is 0.292. The molecule has 0 fully saturated rings. The first kappa shape index (κ1) is 22.6. The van der Waals surface area contributed by atoms with Crippen LogP contribution in [-0.2, 0) is 9.59 Å². The maximum Gasteiger partial charge on any atom is 0.265 e. The number of carbonyl (C=O) groups excluding carboxylic acids is 2. The summed E-state index contributed by atoms with van der Waals surface area (Å²) in [6.07, 6.45) is 0.848. The van der Waals surface area contributed by atoms with Gasteiger partial charge in [-0.2, -0.15) is 0 Å². The molecule has 0 aliphatic carbocycles. The van der Waals surface area contributed by atoms with Gasteiger partial charge in [0.05, 0.1) is 18.0 Å². The lowest BCUT2D eigenvalue weighted by molar-refractivity contribution is -0.121. The Morgan fingerprint density at radius 2 is 1.91 bits per heavy atom. The molecule has 1 aromatic heterocycles. The second kappa shape index (κ2) is 10.4. The maximum atomic E-state index is 12.3. The lowest BCUT2D eigenvalue weighted by Crippen LogP contribution is -2.39. The van der Waals surface area contributed by atoms with Crippen LogP contribution < -0.4 is 24.4 Å². The first-order valence-corrected chi connectivity index (χ1v) is 11.6. The number of aromatic nitrogens is 1. The summed E-state index contributed by atoms with van der Waals surface area (Å²) in [6, 6.07) is 12.7. The Bertz CT molecular complexity index is 1130. The van der Waals surface area contributed by atoms with Crippen molar-refractivity contribution in [1.82, 2.24) is 4.98 Å². The van der Waals surface area contributed by atoms with Crippen molar-refractivity contribution in [3.8, 4) is 28.5 Å². The molecule has 0 saturated heterocycles. The molecular weight excluding hydrogens is 442 g/mol. The molecule has 9 heteroatoms. The molecule has 33 heavy (non-hydrogen) atoms. The van der Waals surface area contributed by atoms with Gasteiger partial charge in [0.25, 0.3) is 11.8 Å². The van der Waals surface area contributed by atoms with Gasteiger partial charge in [-0.05, 0) is 55.8 Å². The average molecular weight is 468 g/mol. The first-order valence-electron chi connectivity index (χ1n) is 10.8. The second-order valence-electron chi connectivity index (χ2n) is 7.30. The van der Waals surface area contributed by atoms with Gasteiger partial charge in [0.15, 0.2) is 18.3 Å². The highest BCUT2D eigenvalue weighted by Crippen LogP contribution is 2.36. The Hall–Kier alpha value is -3.59. The SMILES string of the molecule is CCCN1C(=O)COc2ccc(-c3csc(NC(=O)COc4ccc(OCC)cc4)n3)cc21. The molecule has 1 N–H and O–H groups in total. The zero-order valence-corrected chi connectivity index (χ0v) is 19.3. The number of fused-ring (bicyclic) bond motifs is 1. The van der Waals surface area contributed by atoms with Crippen LogP contribution >= 0.6 is 11.3 Å². The average Bonchev–Trinajstić information content (AvgIpc) is 3.29. The standard InChI is InChI=1S/C24H25N3O5S/c1-3-11-27-20-12-16(5-10-21(20)32-14-23(27)29)19-15-33-24(25-19)26-22(28)13-31-18-8-6-17(7-9-18)30-4-2/h5-10,12,15H,3-4,11,13-14H2,1-2H3,(H,25,26,28). The molecule has 2 heterocycles. The van der Waals surface area contributed by atoms with Crippen LogP contribution in [0, 0.1) is 0 Å². The number of amides is 2. The van der Waals surface area contributed by atoms with Crippen LogP contribution in [0.1, 0.15) is 20.3 Å². The Kier molecular flexibility index (Phi) is 7.09. The molecule has 0 radical (unpaired) electrons. The Morgan fingerprint density at radius 1 is 1.15 bits per heavy atom. The summed E-state index contributed by atoms with van der Waals surface area (Å²) in [5.74, 6) is 1.65. The molecule has 0 spiro atoms. The molecule has 0 unspecified atom stereocenters. The molecule has 3 aromatic rings. The molecule has 4 rings (SSSR count). The Morgan fingerprint density at radius 3 is 2.64 bits per heavy atom. The number of hydrogen-bond donors (Lipinski definition) is 1. The zero-order valence-electron chi connectivity index (χ0n) is 18.5. The Labute approximate surface area is 196 Å². The topological polar surface area (TPSA) is 90.0 Å². The smallest absolute Gasteiger partial charge is 0.265 e. The summed E-state index contributed by atoms with van der Waals surface area (Å²) in [5, 5.41) is 5.10. The van der Waals surface area contributed by atoms with Gasteiger partial charge in [-0.25, -0.2) is 4.98 Å². The third-order valence-electron chi connectivity index (χ3n) is 4.90. The van der Waals surface area contributed by atoms with E-state index in [4.69, 9.17) is 14.2 Å². The van der Waals surface area contributed by atoms with Crippen molar-refractivity contribution < 1.29 is 23.8 Å².